The van der Waals surface area contributed by atoms with Crippen molar-refractivity contribution in [2.24, 2.45) is 0 Å². The fourth-order valence-electron chi connectivity index (χ4n) is 3.31. The van der Waals surface area contributed by atoms with E-state index in [1.807, 2.05) is 80.3 Å². The summed E-state index contributed by atoms with van der Waals surface area (Å²) in [4.78, 5) is 27.4. The quantitative estimate of drug-likeness (QED) is 0.621. The largest absolute Gasteiger partial charge is 0.497 e. The number of methoxy groups -OCH3 is 1. The zero-order valence-electron chi connectivity index (χ0n) is 18.5. The third kappa shape index (κ3) is 6.35. The molecule has 1 unspecified atom stereocenters. The molecule has 6 heteroatoms. The molecular weight excluding hydrogens is 394 g/mol. The monoisotopic (exact) mass is 423 g/mol. The highest BCUT2D eigenvalue weighted by Gasteiger charge is 2.36. The molecule has 0 amide bonds. The molecule has 0 saturated heterocycles. The van der Waals surface area contributed by atoms with Crippen LogP contribution in [-0.4, -0.2) is 35.6 Å². The highest BCUT2D eigenvalue weighted by Crippen LogP contribution is 2.28. The highest BCUT2D eigenvalue weighted by atomic mass is 16.6. The second kappa shape index (κ2) is 9.69. The molecule has 0 fully saturated rings. The maximum atomic E-state index is 12.8. The van der Waals surface area contributed by atoms with Gasteiger partial charge in [0.05, 0.1) is 12.7 Å². The lowest BCUT2D eigenvalue weighted by Crippen LogP contribution is -2.39. The van der Waals surface area contributed by atoms with Crippen LogP contribution >= 0.6 is 0 Å². The predicted octanol–water partition coefficient (Wildman–Crippen LogP) is 4.24. The van der Waals surface area contributed by atoms with Gasteiger partial charge in [0, 0.05) is 19.2 Å². The predicted molar refractivity (Wildman–Crippen MR) is 117 cm³/mol. The van der Waals surface area contributed by atoms with E-state index >= 15 is 0 Å². The topological polar surface area (TPSA) is 65.1 Å². The Hall–Kier alpha value is -3.28. The molecule has 31 heavy (non-hydrogen) atoms. The molecule has 1 aliphatic heterocycles. The van der Waals surface area contributed by atoms with Crippen molar-refractivity contribution in [1.82, 2.24) is 4.90 Å². The summed E-state index contributed by atoms with van der Waals surface area (Å²) in [5.74, 6) is -0.0210. The number of rotatable bonds is 7. The van der Waals surface area contributed by atoms with Crippen LogP contribution in [0.3, 0.4) is 0 Å². The Bertz CT molecular complexity index is 929. The number of benzene rings is 2. The van der Waals surface area contributed by atoms with E-state index in [0.717, 1.165) is 16.9 Å². The number of nitrogens with zero attached hydrogens (tertiary/aromatic N) is 1. The van der Waals surface area contributed by atoms with Gasteiger partial charge >= 0.3 is 11.9 Å². The second-order valence-corrected chi connectivity index (χ2v) is 8.49. The van der Waals surface area contributed by atoms with Crippen LogP contribution in [0.5, 0.6) is 5.75 Å². The van der Waals surface area contributed by atoms with Crippen molar-refractivity contribution in [2.45, 2.75) is 52.0 Å². The first-order chi connectivity index (χ1) is 14.7. The number of carbonyl (C=O) groups excluding carboxylic acids is 2. The average Bonchev–Trinajstić information content (AvgIpc) is 3.16. The number of hydrogen-bond acceptors (Lipinski definition) is 6. The molecule has 3 rings (SSSR count). The first-order valence-electron chi connectivity index (χ1n) is 10.3. The molecular formula is C25H29NO5. The molecule has 1 atom stereocenters. The Morgan fingerprint density at radius 1 is 1.00 bits per heavy atom. The average molecular weight is 424 g/mol. The Balaban J connectivity index is 1.73. The van der Waals surface area contributed by atoms with Crippen LogP contribution in [0.2, 0.25) is 0 Å². The molecule has 6 nitrogen and oxygen atoms in total. The van der Waals surface area contributed by atoms with Gasteiger partial charge in [0.15, 0.2) is 0 Å². The van der Waals surface area contributed by atoms with Crippen molar-refractivity contribution in [3.8, 4) is 5.75 Å². The van der Waals surface area contributed by atoms with Gasteiger partial charge in [-0.25, -0.2) is 9.59 Å². The summed E-state index contributed by atoms with van der Waals surface area (Å²) in [6, 6.07) is 16.5. The summed E-state index contributed by atoms with van der Waals surface area (Å²) in [6.07, 6.45) is 1.96. The van der Waals surface area contributed by atoms with Crippen LogP contribution in [0.15, 0.2) is 66.4 Å². The van der Waals surface area contributed by atoms with Crippen LogP contribution in [0, 0.1) is 0 Å². The molecule has 0 spiro atoms. The molecule has 0 N–H and O–H groups in total. The number of carbonyl (C=O) groups is 2. The summed E-state index contributed by atoms with van der Waals surface area (Å²) < 4.78 is 16.3. The lowest BCUT2D eigenvalue weighted by Gasteiger charge is -2.28. The summed E-state index contributed by atoms with van der Waals surface area (Å²) in [5, 5.41) is 0. The Kier molecular flexibility index (Phi) is 7.00. The lowest BCUT2D eigenvalue weighted by molar-refractivity contribution is -0.160. The van der Waals surface area contributed by atoms with Gasteiger partial charge in [0.2, 0.25) is 0 Å². The SMILES string of the molecule is COc1ccc(CN2C=C(C(=O)OCc3ccccc3)CC2C(=O)OC(C)(C)C)cc1. The van der Waals surface area contributed by atoms with Crippen molar-refractivity contribution in [2.75, 3.05) is 7.11 Å². The summed E-state index contributed by atoms with van der Waals surface area (Å²) >= 11 is 0. The Morgan fingerprint density at radius 3 is 2.29 bits per heavy atom. The molecule has 164 valence electrons. The van der Waals surface area contributed by atoms with Crippen LogP contribution < -0.4 is 4.74 Å². The van der Waals surface area contributed by atoms with E-state index in [4.69, 9.17) is 14.2 Å². The fraction of sp³-hybridized carbons (Fsp3) is 0.360. The van der Waals surface area contributed by atoms with Gasteiger partial charge in [-0.05, 0) is 44.0 Å². The molecule has 1 aliphatic rings. The van der Waals surface area contributed by atoms with Crippen molar-refractivity contribution >= 4 is 11.9 Å². The van der Waals surface area contributed by atoms with E-state index in [9.17, 15) is 9.59 Å². The molecule has 0 saturated carbocycles. The molecule has 0 aliphatic carbocycles. The summed E-state index contributed by atoms with van der Waals surface area (Å²) in [7, 11) is 1.62. The van der Waals surface area contributed by atoms with Crippen molar-refractivity contribution in [3.05, 3.63) is 77.5 Å². The first-order valence-corrected chi connectivity index (χ1v) is 10.3. The maximum absolute atomic E-state index is 12.8. The smallest absolute Gasteiger partial charge is 0.335 e. The third-order valence-electron chi connectivity index (χ3n) is 4.81. The minimum atomic E-state index is -0.612. The van der Waals surface area contributed by atoms with Crippen LogP contribution in [0.1, 0.15) is 38.3 Å². The van der Waals surface area contributed by atoms with Crippen molar-refractivity contribution in [3.63, 3.8) is 0 Å². The normalized spacial score (nSPS) is 15.9. The van der Waals surface area contributed by atoms with Gasteiger partial charge in [0.25, 0.3) is 0 Å². The first kappa shape index (κ1) is 22.4. The van der Waals surface area contributed by atoms with Crippen LogP contribution in [0.4, 0.5) is 0 Å². The van der Waals surface area contributed by atoms with Gasteiger partial charge in [-0.3, -0.25) is 0 Å². The number of ether oxygens (including phenoxy) is 3. The Labute approximate surface area is 183 Å². The van der Waals surface area contributed by atoms with Crippen LogP contribution in [0.25, 0.3) is 0 Å². The van der Waals surface area contributed by atoms with Crippen LogP contribution in [-0.2, 0) is 32.2 Å². The number of hydrogen-bond donors (Lipinski definition) is 0. The number of esters is 2. The molecule has 1 heterocycles. The van der Waals surface area contributed by atoms with E-state index in [1.165, 1.54) is 0 Å². The zero-order chi connectivity index (χ0) is 22.4. The summed E-state index contributed by atoms with van der Waals surface area (Å²) in [6.45, 7) is 6.14. The van der Waals surface area contributed by atoms with Gasteiger partial charge in [-0.1, -0.05) is 42.5 Å². The minimum absolute atomic E-state index is 0.187. The van der Waals surface area contributed by atoms with E-state index in [-0.39, 0.29) is 19.0 Å². The third-order valence-corrected chi connectivity index (χ3v) is 4.81. The molecule has 0 bridgehead atoms. The van der Waals surface area contributed by atoms with Crippen molar-refractivity contribution < 1.29 is 23.8 Å². The molecule has 0 aromatic heterocycles. The van der Waals surface area contributed by atoms with Gasteiger partial charge in [0.1, 0.15) is 24.0 Å². The molecule has 0 radical (unpaired) electrons. The minimum Gasteiger partial charge on any atom is -0.497 e. The Morgan fingerprint density at radius 2 is 1.68 bits per heavy atom. The second-order valence-electron chi connectivity index (χ2n) is 8.49. The highest BCUT2D eigenvalue weighted by molar-refractivity contribution is 5.91. The van der Waals surface area contributed by atoms with E-state index in [0.29, 0.717) is 12.1 Å². The lowest BCUT2D eigenvalue weighted by atomic mass is 10.1. The van der Waals surface area contributed by atoms with E-state index < -0.39 is 17.6 Å². The van der Waals surface area contributed by atoms with Gasteiger partial charge in [-0.2, -0.15) is 0 Å². The van der Waals surface area contributed by atoms with Gasteiger partial charge in [-0.15, -0.1) is 0 Å². The fourth-order valence-corrected chi connectivity index (χ4v) is 3.31. The zero-order valence-corrected chi connectivity index (χ0v) is 18.5. The molecule has 2 aromatic rings. The maximum Gasteiger partial charge on any atom is 0.335 e. The standard InChI is InChI=1S/C25H29NO5/c1-25(2,3)31-24(28)22-14-20(23(27)30-17-19-8-6-5-7-9-19)16-26(22)15-18-10-12-21(29-4)13-11-18/h5-13,16,22H,14-15,17H2,1-4H3. The van der Waals surface area contributed by atoms with E-state index in [2.05, 4.69) is 0 Å². The van der Waals surface area contributed by atoms with Gasteiger partial charge < -0.3 is 19.1 Å². The molecule has 2 aromatic carbocycles. The van der Waals surface area contributed by atoms with E-state index in [1.54, 1.807) is 13.3 Å². The van der Waals surface area contributed by atoms with Crippen molar-refractivity contribution in [1.29, 1.82) is 0 Å². The summed E-state index contributed by atoms with van der Waals surface area (Å²) in [5.41, 5.74) is 1.75.